The zero-order valence-corrected chi connectivity index (χ0v) is 14.8. The van der Waals surface area contributed by atoms with Crippen LogP contribution in [0.5, 0.6) is 0 Å². The summed E-state index contributed by atoms with van der Waals surface area (Å²) in [6.07, 6.45) is 0. The first-order valence-corrected chi connectivity index (χ1v) is 9.54. The summed E-state index contributed by atoms with van der Waals surface area (Å²) >= 11 is 0. The molecular weight excluding hydrogens is 398 g/mol. The Morgan fingerprint density at radius 1 is 1.15 bits per heavy atom. The average molecular weight is 412 g/mol. The van der Waals surface area contributed by atoms with Crippen LogP contribution in [0.1, 0.15) is 30.0 Å². The van der Waals surface area contributed by atoms with Crippen LogP contribution in [0.15, 0.2) is 34.0 Å². The number of hydrogen-bond acceptors (Lipinski definition) is 3. The van der Waals surface area contributed by atoms with E-state index in [1.54, 1.807) is 0 Å². The van der Waals surface area contributed by atoms with Crippen molar-refractivity contribution >= 4 is 21.3 Å². The predicted molar refractivity (Wildman–Crippen MR) is 89.3 cm³/mol. The number of nitrogens with one attached hydrogen (secondary N) is 1. The summed E-state index contributed by atoms with van der Waals surface area (Å²) in [5.74, 6) is 0.238. The van der Waals surface area contributed by atoms with Crippen LogP contribution >= 0.6 is 10.2 Å². The number of rotatable bonds is 4. The van der Waals surface area contributed by atoms with Gasteiger partial charge in [0.1, 0.15) is 28.5 Å². The number of aryl methyl sites for hydroxylation is 1. The molecule has 0 aliphatic heterocycles. The quantitative estimate of drug-likeness (QED) is 0.602. The molecule has 0 aliphatic carbocycles. The molecule has 12 heteroatoms. The van der Waals surface area contributed by atoms with Crippen LogP contribution in [0.25, 0.3) is 11.0 Å². The van der Waals surface area contributed by atoms with E-state index in [-0.39, 0.29) is 28.1 Å². The molecule has 0 saturated carbocycles. The molecule has 0 amide bonds. The minimum atomic E-state index is -9.77. The molecule has 1 aromatic carbocycles. The zero-order valence-electron chi connectivity index (χ0n) is 14.0. The van der Waals surface area contributed by atoms with Crippen LogP contribution in [0.4, 0.5) is 23.8 Å². The fourth-order valence-electron chi connectivity index (χ4n) is 2.73. The SMILES string of the molecule is Cc1nc2c(c(CF)nn2[C@@H](C)c2ccc(S(F)(F)(F)(F)F)cc2)c(=O)[nH]1. The number of alkyl halides is 1. The third kappa shape index (κ3) is 3.53. The van der Waals surface area contributed by atoms with Crippen LogP contribution in [0.3, 0.4) is 0 Å². The van der Waals surface area contributed by atoms with Gasteiger partial charge in [-0.25, -0.2) is 14.1 Å². The molecule has 1 N–H and O–H groups in total. The lowest BCUT2D eigenvalue weighted by atomic mass is 10.1. The first-order valence-electron chi connectivity index (χ1n) is 7.59. The molecule has 148 valence electrons. The number of benzene rings is 1. The fraction of sp³-hybridized carbons (Fsp3) is 0.267. The average Bonchev–Trinajstić information content (AvgIpc) is 2.91. The van der Waals surface area contributed by atoms with Gasteiger partial charge in [-0.05, 0) is 31.5 Å². The molecule has 0 unspecified atom stereocenters. The highest BCUT2D eigenvalue weighted by Crippen LogP contribution is 3.02. The lowest BCUT2D eigenvalue weighted by Crippen LogP contribution is -2.13. The van der Waals surface area contributed by atoms with Crippen molar-refractivity contribution in [2.75, 3.05) is 0 Å². The van der Waals surface area contributed by atoms with E-state index in [9.17, 15) is 28.6 Å². The molecule has 0 aliphatic rings. The Morgan fingerprint density at radius 2 is 1.74 bits per heavy atom. The van der Waals surface area contributed by atoms with Gasteiger partial charge < -0.3 is 4.98 Å². The van der Waals surface area contributed by atoms with Crippen molar-refractivity contribution in [2.24, 2.45) is 0 Å². The van der Waals surface area contributed by atoms with E-state index in [1.807, 2.05) is 0 Å². The largest absolute Gasteiger partial charge is 0.310 e. The zero-order chi connectivity index (χ0) is 20.3. The molecule has 0 fully saturated rings. The molecule has 2 aromatic heterocycles. The number of hydrogen-bond donors (Lipinski definition) is 1. The Kier molecular flexibility index (Phi) is 3.76. The monoisotopic (exact) mass is 412 g/mol. The number of H-pyrrole nitrogens is 1. The molecule has 0 spiro atoms. The van der Waals surface area contributed by atoms with E-state index < -0.39 is 33.4 Å². The Labute approximate surface area is 148 Å². The van der Waals surface area contributed by atoms with Crippen LogP contribution in [0.2, 0.25) is 0 Å². The Morgan fingerprint density at radius 3 is 2.26 bits per heavy atom. The molecule has 0 bridgehead atoms. The van der Waals surface area contributed by atoms with Gasteiger partial charge in [0, 0.05) is 0 Å². The summed E-state index contributed by atoms with van der Waals surface area (Å²) in [5, 5.41) is 3.91. The highest BCUT2D eigenvalue weighted by atomic mass is 32.5. The lowest BCUT2D eigenvalue weighted by Gasteiger charge is -2.40. The minimum Gasteiger partial charge on any atom is -0.310 e. The summed E-state index contributed by atoms with van der Waals surface area (Å²) in [7, 11) is -9.77. The van der Waals surface area contributed by atoms with Crippen LogP contribution < -0.4 is 5.56 Å². The van der Waals surface area contributed by atoms with Gasteiger partial charge >= 0.3 is 10.2 Å². The van der Waals surface area contributed by atoms with Gasteiger partial charge in [0.15, 0.2) is 5.65 Å². The molecule has 3 aromatic rings. The van der Waals surface area contributed by atoms with Gasteiger partial charge in [-0.1, -0.05) is 31.6 Å². The summed E-state index contributed by atoms with van der Waals surface area (Å²) in [4.78, 5) is 16.6. The van der Waals surface area contributed by atoms with Crippen molar-refractivity contribution < 1.29 is 23.8 Å². The van der Waals surface area contributed by atoms with Gasteiger partial charge in [-0.3, -0.25) is 4.79 Å². The fourth-order valence-corrected chi connectivity index (χ4v) is 3.38. The second kappa shape index (κ2) is 5.27. The molecule has 27 heavy (non-hydrogen) atoms. The van der Waals surface area contributed by atoms with Crippen LogP contribution in [-0.2, 0) is 6.67 Å². The highest BCUT2D eigenvalue weighted by Gasteiger charge is 2.65. The minimum absolute atomic E-state index is 0.0493. The van der Waals surface area contributed by atoms with Crippen molar-refractivity contribution in [2.45, 2.75) is 31.5 Å². The van der Waals surface area contributed by atoms with E-state index in [1.165, 1.54) is 18.5 Å². The van der Waals surface area contributed by atoms with Crippen LogP contribution in [-0.4, -0.2) is 19.7 Å². The topological polar surface area (TPSA) is 63.6 Å². The third-order valence-electron chi connectivity index (χ3n) is 4.05. The number of halogens is 6. The van der Waals surface area contributed by atoms with Crippen molar-refractivity contribution in [1.82, 2.24) is 19.7 Å². The third-order valence-corrected chi connectivity index (χ3v) is 5.22. The summed E-state index contributed by atoms with van der Waals surface area (Å²) in [6, 6.07) is 1.58. The standard InChI is InChI=1S/C15H14F6N4OS/c1-8(10-3-5-11(6-4-10)27(17,18,19,20)21)25-14-13(12(7-16)24-25)15(26)23-9(2)22-14/h3-6,8H,7H2,1-2H3,(H,22,23,26)/t8-/m0/s1. The Hall–Kier alpha value is -2.50. The molecule has 3 rings (SSSR count). The summed E-state index contributed by atoms with van der Waals surface area (Å²) in [5.41, 5.74) is -0.516. The Balaban J connectivity index is 2.12. The second-order valence-corrected chi connectivity index (χ2v) is 8.50. The molecule has 5 nitrogen and oxygen atoms in total. The maximum atomic E-state index is 13.2. The number of fused-ring (bicyclic) bond motifs is 1. The number of nitrogens with zero attached hydrogens (tertiary/aromatic N) is 3. The van der Waals surface area contributed by atoms with E-state index in [0.717, 1.165) is 12.1 Å². The van der Waals surface area contributed by atoms with E-state index in [2.05, 4.69) is 15.1 Å². The van der Waals surface area contributed by atoms with Crippen molar-refractivity contribution in [3.63, 3.8) is 0 Å². The first-order chi connectivity index (χ1) is 12.2. The molecule has 0 saturated heterocycles. The van der Waals surface area contributed by atoms with E-state index >= 15 is 0 Å². The van der Waals surface area contributed by atoms with Gasteiger partial charge in [0.25, 0.3) is 5.56 Å². The normalized spacial score (nSPS) is 16.1. The summed E-state index contributed by atoms with van der Waals surface area (Å²) < 4.78 is 78.6. The number of aromatic amines is 1. The van der Waals surface area contributed by atoms with Gasteiger partial charge in [-0.2, -0.15) is 5.10 Å². The second-order valence-electron chi connectivity index (χ2n) is 6.09. The molecular formula is C15H14F6N4OS. The molecule has 2 heterocycles. The molecule has 1 atom stereocenters. The van der Waals surface area contributed by atoms with Gasteiger partial charge in [-0.15, -0.1) is 0 Å². The summed E-state index contributed by atoms with van der Waals surface area (Å²) in [6.45, 7) is 1.97. The van der Waals surface area contributed by atoms with Gasteiger partial charge in [0.05, 0.1) is 6.04 Å². The first kappa shape index (κ1) is 19.3. The van der Waals surface area contributed by atoms with Gasteiger partial charge in [0.2, 0.25) is 0 Å². The van der Waals surface area contributed by atoms with E-state index in [0.29, 0.717) is 12.1 Å². The van der Waals surface area contributed by atoms with Crippen molar-refractivity contribution in [3.05, 3.63) is 51.7 Å². The number of aromatic nitrogens is 4. The van der Waals surface area contributed by atoms with E-state index in [4.69, 9.17) is 0 Å². The molecule has 0 radical (unpaired) electrons. The van der Waals surface area contributed by atoms with Crippen LogP contribution in [0, 0.1) is 6.92 Å². The van der Waals surface area contributed by atoms with Crippen molar-refractivity contribution in [1.29, 1.82) is 0 Å². The maximum absolute atomic E-state index is 13.2. The Bertz CT molecular complexity index is 1090. The smallest absolute Gasteiger partial charge is 0.310 e. The maximum Gasteiger partial charge on any atom is 0.310 e. The highest BCUT2D eigenvalue weighted by molar-refractivity contribution is 8.45. The van der Waals surface area contributed by atoms with Crippen molar-refractivity contribution in [3.8, 4) is 0 Å². The predicted octanol–water partition coefficient (Wildman–Crippen LogP) is 5.16. The lowest BCUT2D eigenvalue weighted by molar-refractivity contribution is 0.364.